The molecule has 0 bridgehead atoms. The Hall–Kier alpha value is -0.610. The molecule has 0 spiro atoms. The van der Waals surface area contributed by atoms with Crippen LogP contribution in [-0.4, -0.2) is 56.1 Å². The van der Waals surface area contributed by atoms with Crippen LogP contribution in [0.5, 0.6) is 0 Å². The Labute approximate surface area is 134 Å². The van der Waals surface area contributed by atoms with Crippen LogP contribution in [0, 0.1) is 6.92 Å². The molecule has 2 unspecified atom stereocenters. The van der Waals surface area contributed by atoms with Crippen molar-refractivity contribution >= 4 is 11.6 Å². The molecular formula is C17H28ClN3. The van der Waals surface area contributed by atoms with Gasteiger partial charge in [0.1, 0.15) is 0 Å². The summed E-state index contributed by atoms with van der Waals surface area (Å²) in [6, 6.07) is 7.29. The first-order chi connectivity index (χ1) is 10.0. The number of hydrogen-bond donors (Lipinski definition) is 1. The molecule has 1 aromatic rings. The third-order valence-electron chi connectivity index (χ3n) is 4.45. The van der Waals surface area contributed by atoms with Crippen LogP contribution in [0.3, 0.4) is 0 Å². The molecule has 0 aromatic heterocycles. The van der Waals surface area contributed by atoms with E-state index in [-0.39, 0.29) is 0 Å². The van der Waals surface area contributed by atoms with Gasteiger partial charge in [0.15, 0.2) is 0 Å². The lowest BCUT2D eigenvalue weighted by Gasteiger charge is -2.42. The molecule has 118 valence electrons. The van der Waals surface area contributed by atoms with E-state index in [0.717, 1.165) is 43.2 Å². The van der Waals surface area contributed by atoms with E-state index in [9.17, 15) is 0 Å². The van der Waals surface area contributed by atoms with Gasteiger partial charge < -0.3 is 10.2 Å². The number of hydrogen-bond acceptors (Lipinski definition) is 3. The van der Waals surface area contributed by atoms with E-state index in [1.807, 2.05) is 0 Å². The molecule has 1 aliphatic rings. The second-order valence-corrected chi connectivity index (χ2v) is 6.66. The monoisotopic (exact) mass is 309 g/mol. The molecule has 1 aromatic carbocycles. The van der Waals surface area contributed by atoms with E-state index in [1.165, 1.54) is 5.56 Å². The van der Waals surface area contributed by atoms with E-state index >= 15 is 0 Å². The van der Waals surface area contributed by atoms with Gasteiger partial charge in [-0.25, -0.2) is 0 Å². The fourth-order valence-electron chi connectivity index (χ4n) is 2.98. The second kappa shape index (κ2) is 7.59. The van der Waals surface area contributed by atoms with Crippen LogP contribution in [0.25, 0.3) is 0 Å². The number of benzene rings is 1. The van der Waals surface area contributed by atoms with Crippen LogP contribution in [0.4, 0.5) is 0 Å². The molecule has 1 saturated heterocycles. The maximum atomic E-state index is 6.34. The van der Waals surface area contributed by atoms with Crippen molar-refractivity contribution in [2.45, 2.75) is 32.4 Å². The van der Waals surface area contributed by atoms with Crippen molar-refractivity contribution in [1.29, 1.82) is 0 Å². The summed E-state index contributed by atoms with van der Waals surface area (Å²) in [5.41, 5.74) is 2.44. The summed E-state index contributed by atoms with van der Waals surface area (Å²) in [7, 11) is 4.44. The number of likely N-dealkylation sites (N-methyl/N-ethyl adjacent to an activating group) is 2. The third-order valence-corrected chi connectivity index (χ3v) is 4.86. The molecule has 1 fully saturated rings. The second-order valence-electron chi connectivity index (χ2n) is 6.25. The maximum Gasteiger partial charge on any atom is 0.0491 e. The van der Waals surface area contributed by atoms with Crippen LogP contribution in [-0.2, 0) is 0 Å². The zero-order valence-corrected chi connectivity index (χ0v) is 14.5. The van der Waals surface area contributed by atoms with Gasteiger partial charge in [-0.2, -0.15) is 0 Å². The summed E-state index contributed by atoms with van der Waals surface area (Å²) in [4.78, 5) is 4.89. The Morgan fingerprint density at radius 3 is 2.76 bits per heavy atom. The average molecular weight is 310 g/mol. The summed E-state index contributed by atoms with van der Waals surface area (Å²) >= 11 is 6.34. The smallest absolute Gasteiger partial charge is 0.0491 e. The first-order valence-corrected chi connectivity index (χ1v) is 8.29. The topological polar surface area (TPSA) is 18.5 Å². The minimum atomic E-state index is 0.329. The third kappa shape index (κ3) is 4.19. The van der Waals surface area contributed by atoms with E-state index in [2.05, 4.69) is 61.3 Å². The molecular weight excluding hydrogens is 282 g/mol. The van der Waals surface area contributed by atoms with Crippen molar-refractivity contribution in [3.05, 3.63) is 34.3 Å². The van der Waals surface area contributed by atoms with E-state index < -0.39 is 0 Å². The van der Waals surface area contributed by atoms with Crippen LogP contribution in [0.15, 0.2) is 18.2 Å². The fourth-order valence-corrected chi connectivity index (χ4v) is 3.17. The quantitative estimate of drug-likeness (QED) is 0.902. The minimum absolute atomic E-state index is 0.329. The Kier molecular flexibility index (Phi) is 6.06. The number of rotatable bonds is 5. The van der Waals surface area contributed by atoms with Crippen molar-refractivity contribution < 1.29 is 0 Å². The first kappa shape index (κ1) is 16.8. The molecule has 1 heterocycles. The molecule has 0 amide bonds. The van der Waals surface area contributed by atoms with Crippen molar-refractivity contribution in [3.8, 4) is 0 Å². The number of nitrogens with one attached hydrogen (secondary N) is 1. The predicted octanol–water partition coefficient (Wildman–Crippen LogP) is 2.93. The Morgan fingerprint density at radius 2 is 2.10 bits per heavy atom. The van der Waals surface area contributed by atoms with Gasteiger partial charge >= 0.3 is 0 Å². The fraction of sp³-hybridized carbons (Fsp3) is 0.647. The number of halogens is 1. The molecule has 2 rings (SSSR count). The summed E-state index contributed by atoms with van der Waals surface area (Å²) in [6.45, 7) is 8.64. The van der Waals surface area contributed by atoms with Gasteiger partial charge in [0.05, 0.1) is 0 Å². The van der Waals surface area contributed by atoms with Crippen LogP contribution >= 0.6 is 11.6 Å². The molecule has 4 heteroatoms. The maximum absolute atomic E-state index is 6.34. The van der Waals surface area contributed by atoms with Gasteiger partial charge in [-0.05, 0) is 51.2 Å². The van der Waals surface area contributed by atoms with Gasteiger partial charge in [0.2, 0.25) is 0 Å². The van der Waals surface area contributed by atoms with Gasteiger partial charge in [0, 0.05) is 36.7 Å². The van der Waals surface area contributed by atoms with Gasteiger partial charge in [-0.3, -0.25) is 4.90 Å². The highest BCUT2D eigenvalue weighted by atomic mass is 35.5. The normalized spacial score (nSPS) is 22.4. The lowest BCUT2D eigenvalue weighted by atomic mass is 9.95. The number of aryl methyl sites for hydroxylation is 1. The highest BCUT2D eigenvalue weighted by Gasteiger charge is 2.30. The highest BCUT2D eigenvalue weighted by Crippen LogP contribution is 2.27. The van der Waals surface area contributed by atoms with E-state index in [4.69, 9.17) is 11.6 Å². The standard InChI is InChI=1S/C17H28ClN3/c1-5-8-19-17(14-7-6-13(2)15(18)11-14)16-12-20(3)9-10-21(16)4/h6-7,11,16-17,19H,5,8-10,12H2,1-4H3. The number of nitrogens with zero attached hydrogens (tertiary/aromatic N) is 2. The molecule has 3 nitrogen and oxygen atoms in total. The van der Waals surface area contributed by atoms with Crippen LogP contribution in [0.1, 0.15) is 30.5 Å². The Bertz CT molecular complexity index is 463. The number of piperazine rings is 1. The van der Waals surface area contributed by atoms with Crippen molar-refractivity contribution in [3.63, 3.8) is 0 Å². The van der Waals surface area contributed by atoms with Crippen LogP contribution < -0.4 is 5.32 Å². The zero-order chi connectivity index (χ0) is 15.4. The summed E-state index contributed by atoms with van der Waals surface area (Å²) in [6.07, 6.45) is 1.14. The van der Waals surface area contributed by atoms with Crippen molar-refractivity contribution in [1.82, 2.24) is 15.1 Å². The Morgan fingerprint density at radius 1 is 1.33 bits per heavy atom. The van der Waals surface area contributed by atoms with E-state index in [0.29, 0.717) is 12.1 Å². The molecule has 1 N–H and O–H groups in total. The summed E-state index contributed by atoms with van der Waals surface area (Å²) in [5, 5.41) is 4.59. The van der Waals surface area contributed by atoms with Gasteiger partial charge in [-0.1, -0.05) is 30.7 Å². The van der Waals surface area contributed by atoms with Gasteiger partial charge in [-0.15, -0.1) is 0 Å². The van der Waals surface area contributed by atoms with Gasteiger partial charge in [0.25, 0.3) is 0 Å². The average Bonchev–Trinajstić information content (AvgIpc) is 2.46. The molecule has 2 atom stereocenters. The molecule has 21 heavy (non-hydrogen) atoms. The molecule has 0 saturated carbocycles. The molecule has 0 radical (unpaired) electrons. The minimum Gasteiger partial charge on any atom is -0.309 e. The van der Waals surface area contributed by atoms with Crippen molar-refractivity contribution in [2.75, 3.05) is 40.3 Å². The highest BCUT2D eigenvalue weighted by molar-refractivity contribution is 6.31. The lowest BCUT2D eigenvalue weighted by molar-refractivity contribution is 0.0876. The molecule has 0 aliphatic carbocycles. The summed E-state index contributed by atoms with van der Waals surface area (Å²) < 4.78 is 0. The SMILES string of the molecule is CCCNC(c1ccc(C)c(Cl)c1)C1CN(C)CCN1C. The largest absolute Gasteiger partial charge is 0.309 e. The van der Waals surface area contributed by atoms with Crippen LogP contribution in [0.2, 0.25) is 5.02 Å². The predicted molar refractivity (Wildman–Crippen MR) is 91.1 cm³/mol. The zero-order valence-electron chi connectivity index (χ0n) is 13.7. The first-order valence-electron chi connectivity index (χ1n) is 7.91. The van der Waals surface area contributed by atoms with Crippen molar-refractivity contribution in [2.24, 2.45) is 0 Å². The Balaban J connectivity index is 2.25. The lowest BCUT2D eigenvalue weighted by Crippen LogP contribution is -2.55. The molecule has 1 aliphatic heterocycles. The summed E-state index contributed by atoms with van der Waals surface area (Å²) in [5.74, 6) is 0. The van der Waals surface area contributed by atoms with E-state index in [1.54, 1.807) is 0 Å².